The van der Waals surface area contributed by atoms with Crippen LogP contribution in [0.2, 0.25) is 0 Å². The lowest BCUT2D eigenvalue weighted by Crippen LogP contribution is -2.17. The van der Waals surface area contributed by atoms with Crippen molar-refractivity contribution in [1.29, 1.82) is 0 Å². The molecule has 0 fully saturated rings. The Morgan fingerprint density at radius 3 is 2.22 bits per heavy atom. The fraction of sp³-hybridized carbons (Fsp3) is 0.591. The van der Waals surface area contributed by atoms with Gasteiger partial charge in [-0.05, 0) is 36.5 Å². The van der Waals surface area contributed by atoms with Crippen LogP contribution in [0.25, 0.3) is 5.57 Å². The first kappa shape index (κ1) is 18.0. The normalized spacial score (nSPS) is 18.0. The molecule has 0 saturated heterocycles. The highest BCUT2D eigenvalue weighted by Gasteiger charge is 2.22. The summed E-state index contributed by atoms with van der Waals surface area (Å²) in [6.45, 7) is 2.26. The molecule has 23 heavy (non-hydrogen) atoms. The van der Waals surface area contributed by atoms with E-state index in [0.29, 0.717) is 5.78 Å². The fourth-order valence-corrected chi connectivity index (χ4v) is 3.52. The van der Waals surface area contributed by atoms with E-state index in [-0.39, 0.29) is 5.92 Å². The van der Waals surface area contributed by atoms with Gasteiger partial charge in [0.25, 0.3) is 0 Å². The molecule has 1 aromatic carbocycles. The number of hydrogen-bond donors (Lipinski definition) is 0. The van der Waals surface area contributed by atoms with E-state index in [4.69, 9.17) is 0 Å². The minimum absolute atomic E-state index is 0.280. The molecule has 1 aromatic rings. The van der Waals surface area contributed by atoms with Crippen LogP contribution in [-0.2, 0) is 4.79 Å². The first-order valence-corrected chi connectivity index (χ1v) is 9.61. The smallest absolute Gasteiger partial charge is 0.159 e. The summed E-state index contributed by atoms with van der Waals surface area (Å²) in [4.78, 5) is 12.3. The molecule has 1 unspecified atom stereocenters. The average molecular weight is 312 g/mol. The van der Waals surface area contributed by atoms with Crippen molar-refractivity contribution < 1.29 is 4.79 Å². The summed E-state index contributed by atoms with van der Waals surface area (Å²) >= 11 is 0. The van der Waals surface area contributed by atoms with Gasteiger partial charge < -0.3 is 0 Å². The van der Waals surface area contributed by atoms with Crippen LogP contribution in [0.5, 0.6) is 0 Å². The van der Waals surface area contributed by atoms with Crippen molar-refractivity contribution >= 4 is 11.4 Å². The van der Waals surface area contributed by atoms with E-state index in [1.807, 2.05) is 24.3 Å². The quantitative estimate of drug-likeness (QED) is 0.446. The Kier molecular flexibility index (Phi) is 8.14. The van der Waals surface area contributed by atoms with E-state index in [1.54, 1.807) is 0 Å². The van der Waals surface area contributed by atoms with Crippen LogP contribution in [0.15, 0.2) is 36.4 Å². The molecular weight excluding hydrogens is 280 g/mol. The zero-order valence-corrected chi connectivity index (χ0v) is 14.7. The topological polar surface area (TPSA) is 17.1 Å². The van der Waals surface area contributed by atoms with Gasteiger partial charge in [0.15, 0.2) is 5.78 Å². The molecule has 126 valence electrons. The third-order valence-electron chi connectivity index (χ3n) is 5.03. The maximum atomic E-state index is 12.3. The van der Waals surface area contributed by atoms with Crippen LogP contribution < -0.4 is 0 Å². The summed E-state index contributed by atoms with van der Waals surface area (Å²) in [7, 11) is 0. The number of rotatable bonds is 10. The molecule has 0 amide bonds. The molecule has 0 radical (unpaired) electrons. The minimum atomic E-state index is 0.280. The Hall–Kier alpha value is -1.37. The number of benzene rings is 1. The maximum absolute atomic E-state index is 12.3. The van der Waals surface area contributed by atoms with Gasteiger partial charge in [-0.25, -0.2) is 0 Å². The SMILES string of the molecule is CCCCCCCCCCC1CCC(c2ccccc2)=CC1=O. The molecular formula is C22H32O. The highest BCUT2D eigenvalue weighted by molar-refractivity contribution is 5.99. The lowest BCUT2D eigenvalue weighted by atomic mass is 9.83. The van der Waals surface area contributed by atoms with Crippen molar-refractivity contribution in [2.75, 3.05) is 0 Å². The van der Waals surface area contributed by atoms with Gasteiger partial charge in [0.05, 0.1) is 0 Å². The second-order valence-electron chi connectivity index (χ2n) is 6.94. The number of carbonyl (C=O) groups is 1. The van der Waals surface area contributed by atoms with E-state index in [2.05, 4.69) is 19.1 Å². The average Bonchev–Trinajstić information content (AvgIpc) is 2.59. The van der Waals surface area contributed by atoms with Crippen LogP contribution in [-0.4, -0.2) is 5.78 Å². The number of ketones is 1. The zero-order valence-electron chi connectivity index (χ0n) is 14.7. The van der Waals surface area contributed by atoms with Gasteiger partial charge in [0.1, 0.15) is 0 Å². The van der Waals surface area contributed by atoms with E-state index >= 15 is 0 Å². The molecule has 0 N–H and O–H groups in total. The zero-order chi connectivity index (χ0) is 16.3. The van der Waals surface area contributed by atoms with Gasteiger partial charge in [-0.1, -0.05) is 88.6 Å². The van der Waals surface area contributed by atoms with Crippen molar-refractivity contribution in [3.05, 3.63) is 42.0 Å². The van der Waals surface area contributed by atoms with E-state index in [1.165, 1.54) is 62.5 Å². The molecule has 0 spiro atoms. The molecule has 0 aromatic heterocycles. The maximum Gasteiger partial charge on any atom is 0.159 e. The Bertz CT molecular complexity index is 486. The Morgan fingerprint density at radius 1 is 0.913 bits per heavy atom. The fourth-order valence-electron chi connectivity index (χ4n) is 3.52. The standard InChI is InChI=1S/C22H32O/c1-2-3-4-5-6-7-8-10-15-20-16-17-21(18-22(20)23)19-13-11-9-12-14-19/h9,11-14,18,20H,2-8,10,15-17H2,1H3. The van der Waals surface area contributed by atoms with Crippen LogP contribution in [0.4, 0.5) is 0 Å². The number of hydrogen-bond acceptors (Lipinski definition) is 1. The number of unbranched alkanes of at least 4 members (excludes halogenated alkanes) is 7. The van der Waals surface area contributed by atoms with Crippen molar-refractivity contribution in [2.24, 2.45) is 5.92 Å². The first-order chi connectivity index (χ1) is 11.3. The summed E-state index contributed by atoms with van der Waals surface area (Å²) < 4.78 is 0. The Balaban J connectivity index is 1.65. The summed E-state index contributed by atoms with van der Waals surface area (Å²) in [5, 5.41) is 0. The third-order valence-corrected chi connectivity index (χ3v) is 5.03. The summed E-state index contributed by atoms with van der Waals surface area (Å²) in [5.74, 6) is 0.639. The molecule has 0 bridgehead atoms. The second-order valence-corrected chi connectivity index (χ2v) is 6.94. The van der Waals surface area contributed by atoms with E-state index < -0.39 is 0 Å². The molecule has 1 nitrogen and oxygen atoms in total. The van der Waals surface area contributed by atoms with E-state index in [9.17, 15) is 4.79 Å². The van der Waals surface area contributed by atoms with Gasteiger partial charge >= 0.3 is 0 Å². The van der Waals surface area contributed by atoms with Crippen LogP contribution >= 0.6 is 0 Å². The summed E-state index contributed by atoms with van der Waals surface area (Å²) in [6, 6.07) is 10.3. The van der Waals surface area contributed by atoms with Gasteiger partial charge in [-0.2, -0.15) is 0 Å². The lowest BCUT2D eigenvalue weighted by molar-refractivity contribution is -0.118. The van der Waals surface area contributed by atoms with Crippen molar-refractivity contribution in [3.63, 3.8) is 0 Å². The monoisotopic (exact) mass is 312 g/mol. The van der Waals surface area contributed by atoms with Crippen molar-refractivity contribution in [2.45, 2.75) is 77.6 Å². The molecule has 1 aliphatic carbocycles. The molecule has 2 rings (SSSR count). The summed E-state index contributed by atoms with van der Waals surface area (Å²) in [5.41, 5.74) is 2.44. The Morgan fingerprint density at radius 2 is 1.57 bits per heavy atom. The van der Waals surface area contributed by atoms with E-state index in [0.717, 1.165) is 19.3 Å². The first-order valence-electron chi connectivity index (χ1n) is 9.61. The predicted molar refractivity (Wildman–Crippen MR) is 99.4 cm³/mol. The van der Waals surface area contributed by atoms with Gasteiger partial charge in [0, 0.05) is 5.92 Å². The van der Waals surface area contributed by atoms with Gasteiger partial charge in [-0.3, -0.25) is 4.79 Å². The Labute approximate surface area is 142 Å². The van der Waals surface area contributed by atoms with Gasteiger partial charge in [-0.15, -0.1) is 0 Å². The second kappa shape index (κ2) is 10.4. The lowest BCUT2D eigenvalue weighted by Gasteiger charge is -2.21. The third kappa shape index (κ3) is 6.33. The number of allylic oxidation sites excluding steroid dienone is 2. The van der Waals surface area contributed by atoms with Crippen LogP contribution in [0.1, 0.15) is 83.1 Å². The van der Waals surface area contributed by atoms with Crippen LogP contribution in [0.3, 0.4) is 0 Å². The molecule has 0 heterocycles. The predicted octanol–water partition coefficient (Wildman–Crippen LogP) is 6.58. The van der Waals surface area contributed by atoms with Crippen molar-refractivity contribution in [1.82, 2.24) is 0 Å². The number of carbonyl (C=O) groups excluding carboxylic acids is 1. The molecule has 0 saturated carbocycles. The minimum Gasteiger partial charge on any atom is -0.295 e. The van der Waals surface area contributed by atoms with Gasteiger partial charge in [0.2, 0.25) is 0 Å². The molecule has 1 heteroatoms. The highest BCUT2D eigenvalue weighted by Crippen LogP contribution is 2.30. The van der Waals surface area contributed by atoms with Crippen LogP contribution in [0, 0.1) is 5.92 Å². The summed E-state index contributed by atoms with van der Waals surface area (Å²) in [6.07, 6.45) is 15.8. The van der Waals surface area contributed by atoms with Crippen molar-refractivity contribution in [3.8, 4) is 0 Å². The highest BCUT2D eigenvalue weighted by atomic mass is 16.1. The molecule has 1 atom stereocenters. The largest absolute Gasteiger partial charge is 0.295 e. The molecule has 0 aliphatic heterocycles. The molecule has 1 aliphatic rings.